The van der Waals surface area contributed by atoms with Crippen LogP contribution in [-0.2, 0) is 9.53 Å². The number of amides is 2. The third kappa shape index (κ3) is 4.47. The van der Waals surface area contributed by atoms with Gasteiger partial charge in [-0.15, -0.1) is 0 Å². The molecule has 4 saturated carbocycles. The Hall–Kier alpha value is -1.30. The molecule has 5 aliphatic rings. The highest BCUT2D eigenvalue weighted by Crippen LogP contribution is 2.68. The molecular formula is C30H50N2O4. The van der Waals surface area contributed by atoms with Gasteiger partial charge in [0.05, 0.1) is 13.2 Å². The van der Waals surface area contributed by atoms with Crippen molar-refractivity contribution in [3.05, 3.63) is 0 Å². The molecular weight excluding hydrogens is 452 g/mol. The summed E-state index contributed by atoms with van der Waals surface area (Å²) in [6, 6.07) is 0. The molecule has 6 nitrogen and oxygen atoms in total. The Labute approximate surface area is 218 Å². The van der Waals surface area contributed by atoms with Gasteiger partial charge in [-0.3, -0.25) is 4.79 Å². The van der Waals surface area contributed by atoms with Gasteiger partial charge in [0.1, 0.15) is 0 Å². The van der Waals surface area contributed by atoms with Gasteiger partial charge in [-0.05, 0) is 111 Å². The molecule has 1 saturated heterocycles. The number of carbonyl (C=O) groups excluding carboxylic acids is 2. The van der Waals surface area contributed by atoms with Crippen molar-refractivity contribution in [2.45, 2.75) is 97.5 Å². The first-order valence-corrected chi connectivity index (χ1v) is 15.0. The van der Waals surface area contributed by atoms with E-state index in [1.807, 2.05) is 4.90 Å². The number of fused-ring (bicyclic) bond motifs is 5. The second kappa shape index (κ2) is 10.1. The van der Waals surface area contributed by atoms with E-state index in [2.05, 4.69) is 20.8 Å². The van der Waals surface area contributed by atoms with E-state index < -0.39 is 0 Å². The summed E-state index contributed by atoms with van der Waals surface area (Å²) in [7, 11) is 1.41. The zero-order valence-electron chi connectivity index (χ0n) is 23.2. The lowest BCUT2D eigenvalue weighted by Gasteiger charge is -2.61. The van der Waals surface area contributed by atoms with E-state index in [9.17, 15) is 14.7 Å². The number of hydrogen-bond acceptors (Lipinski definition) is 4. The first-order chi connectivity index (χ1) is 17.2. The lowest BCUT2D eigenvalue weighted by Crippen LogP contribution is -2.54. The molecule has 0 aromatic carbocycles. The predicted octanol–water partition coefficient (Wildman–Crippen LogP) is 5.33. The smallest absolute Gasteiger partial charge is 0.409 e. The number of aliphatic hydroxyl groups is 1. The molecule has 36 heavy (non-hydrogen) atoms. The van der Waals surface area contributed by atoms with Gasteiger partial charge in [0.25, 0.3) is 0 Å². The summed E-state index contributed by atoms with van der Waals surface area (Å²) in [5.74, 6) is 4.84. The van der Waals surface area contributed by atoms with Crippen molar-refractivity contribution in [3.63, 3.8) is 0 Å². The number of nitrogens with zero attached hydrogens (tertiary/aromatic N) is 2. The van der Waals surface area contributed by atoms with Crippen LogP contribution in [0.4, 0.5) is 4.79 Å². The van der Waals surface area contributed by atoms with Gasteiger partial charge in [-0.2, -0.15) is 0 Å². The molecule has 1 heterocycles. The second-order valence-electron chi connectivity index (χ2n) is 13.7. The maximum absolute atomic E-state index is 13.0. The van der Waals surface area contributed by atoms with E-state index >= 15 is 0 Å². The summed E-state index contributed by atoms with van der Waals surface area (Å²) in [6.45, 7) is 9.96. The van der Waals surface area contributed by atoms with Crippen LogP contribution in [0.2, 0.25) is 0 Å². The number of methoxy groups -OCH3 is 1. The Bertz CT molecular complexity index is 826. The zero-order chi connectivity index (χ0) is 25.7. The Morgan fingerprint density at radius 3 is 2.31 bits per heavy atom. The van der Waals surface area contributed by atoms with Crippen LogP contribution in [0.3, 0.4) is 0 Å². The molecule has 0 radical (unpaired) electrons. The SMILES string of the molecule is COC(=O)N1CCN(C(=O)CCC(C)[C@H]2CC[C@H]3[C@@H]4CC[C@H]5C[C@@H](O)CC[C@]5(C)[C@H]4CC[C@]23C)CC1. The zero-order valence-corrected chi connectivity index (χ0v) is 23.2. The maximum atomic E-state index is 13.0. The van der Waals surface area contributed by atoms with Crippen LogP contribution >= 0.6 is 0 Å². The summed E-state index contributed by atoms with van der Waals surface area (Å²) in [4.78, 5) is 28.3. The third-order valence-corrected chi connectivity index (χ3v) is 12.3. The summed E-state index contributed by atoms with van der Waals surface area (Å²) in [5.41, 5.74) is 0.866. The predicted molar refractivity (Wildman–Crippen MR) is 140 cm³/mol. The molecule has 4 aliphatic carbocycles. The van der Waals surface area contributed by atoms with E-state index in [-0.39, 0.29) is 18.1 Å². The highest BCUT2D eigenvalue weighted by atomic mass is 16.5. The van der Waals surface area contributed by atoms with Crippen LogP contribution in [-0.4, -0.2) is 66.3 Å². The van der Waals surface area contributed by atoms with Gasteiger partial charge in [0, 0.05) is 32.6 Å². The topological polar surface area (TPSA) is 70.1 Å². The van der Waals surface area contributed by atoms with Gasteiger partial charge in [-0.25, -0.2) is 4.79 Å². The Kier molecular flexibility index (Phi) is 7.39. The fourth-order valence-corrected chi connectivity index (χ4v) is 10.2. The number of carbonyl (C=O) groups is 2. The first kappa shape index (κ1) is 26.3. The van der Waals surface area contributed by atoms with Crippen molar-refractivity contribution >= 4 is 12.0 Å². The minimum atomic E-state index is -0.293. The van der Waals surface area contributed by atoms with Crippen LogP contribution < -0.4 is 0 Å². The van der Waals surface area contributed by atoms with E-state index in [4.69, 9.17) is 4.74 Å². The molecule has 0 aromatic rings. The van der Waals surface area contributed by atoms with E-state index in [0.29, 0.717) is 49.3 Å². The molecule has 1 N–H and O–H groups in total. The molecule has 0 spiro atoms. The number of aliphatic hydroxyl groups excluding tert-OH is 1. The quantitative estimate of drug-likeness (QED) is 0.564. The number of ether oxygens (including phenoxy) is 1. The third-order valence-electron chi connectivity index (χ3n) is 12.3. The first-order valence-electron chi connectivity index (χ1n) is 15.0. The van der Waals surface area contributed by atoms with Gasteiger partial charge in [0.2, 0.25) is 5.91 Å². The summed E-state index contributed by atoms with van der Waals surface area (Å²) >= 11 is 0. The maximum Gasteiger partial charge on any atom is 0.409 e. The Morgan fingerprint density at radius 1 is 0.917 bits per heavy atom. The van der Waals surface area contributed by atoms with Crippen LogP contribution in [0, 0.1) is 46.3 Å². The highest BCUT2D eigenvalue weighted by Gasteiger charge is 2.60. The lowest BCUT2D eigenvalue weighted by molar-refractivity contribution is -0.134. The molecule has 1 unspecified atom stereocenters. The Morgan fingerprint density at radius 2 is 1.58 bits per heavy atom. The van der Waals surface area contributed by atoms with Crippen molar-refractivity contribution in [1.82, 2.24) is 9.80 Å². The number of piperazine rings is 1. The fourth-order valence-electron chi connectivity index (χ4n) is 10.2. The van der Waals surface area contributed by atoms with E-state index in [1.165, 1.54) is 52.1 Å². The van der Waals surface area contributed by atoms with Crippen molar-refractivity contribution in [2.75, 3.05) is 33.3 Å². The number of rotatable bonds is 4. The van der Waals surface area contributed by atoms with Gasteiger partial charge in [0.15, 0.2) is 0 Å². The molecule has 6 heteroatoms. The molecule has 0 aromatic heterocycles. The van der Waals surface area contributed by atoms with Crippen molar-refractivity contribution in [3.8, 4) is 0 Å². The van der Waals surface area contributed by atoms with E-state index in [1.54, 1.807) is 4.90 Å². The molecule has 1 aliphatic heterocycles. The van der Waals surface area contributed by atoms with Crippen LogP contribution in [0.5, 0.6) is 0 Å². The minimum absolute atomic E-state index is 0.0652. The molecule has 9 atom stereocenters. The summed E-state index contributed by atoms with van der Waals surface area (Å²) in [6.07, 6.45) is 12.6. The summed E-state index contributed by atoms with van der Waals surface area (Å²) < 4.78 is 4.82. The van der Waals surface area contributed by atoms with Crippen molar-refractivity contribution in [1.29, 1.82) is 0 Å². The minimum Gasteiger partial charge on any atom is -0.453 e. The monoisotopic (exact) mass is 502 g/mol. The molecule has 5 rings (SSSR count). The van der Waals surface area contributed by atoms with Crippen LogP contribution in [0.25, 0.3) is 0 Å². The van der Waals surface area contributed by atoms with Crippen LogP contribution in [0.15, 0.2) is 0 Å². The fraction of sp³-hybridized carbons (Fsp3) is 0.933. The molecule has 2 amide bonds. The normalized spacial score (nSPS) is 43.2. The number of hydrogen-bond donors (Lipinski definition) is 1. The average Bonchev–Trinajstić information content (AvgIpc) is 3.24. The van der Waals surface area contributed by atoms with E-state index in [0.717, 1.165) is 48.9 Å². The lowest BCUT2D eigenvalue weighted by atomic mass is 9.44. The van der Waals surface area contributed by atoms with Crippen molar-refractivity contribution < 1.29 is 19.4 Å². The largest absolute Gasteiger partial charge is 0.453 e. The standard InChI is InChI=1S/C30H50N2O4/c1-20(5-10-27(34)31-15-17-32(18-16-31)28(35)36-4)24-8-9-25-23-7-6-21-19-22(33)11-13-29(21,2)26(23)12-14-30(24,25)3/h20-26,33H,5-19H2,1-4H3/t20?,21-,22-,23-,24+,25-,26-,29-,30+/m0/s1. The van der Waals surface area contributed by atoms with Gasteiger partial charge >= 0.3 is 6.09 Å². The van der Waals surface area contributed by atoms with Crippen molar-refractivity contribution in [2.24, 2.45) is 46.3 Å². The molecule has 5 fully saturated rings. The van der Waals surface area contributed by atoms with Crippen LogP contribution in [0.1, 0.15) is 91.4 Å². The average molecular weight is 503 g/mol. The molecule has 0 bridgehead atoms. The Balaban J connectivity index is 1.17. The second-order valence-corrected chi connectivity index (χ2v) is 13.7. The van der Waals surface area contributed by atoms with Gasteiger partial charge < -0.3 is 19.6 Å². The summed E-state index contributed by atoms with van der Waals surface area (Å²) in [5, 5.41) is 10.3. The van der Waals surface area contributed by atoms with Gasteiger partial charge in [-0.1, -0.05) is 20.8 Å². The molecule has 204 valence electrons. The highest BCUT2D eigenvalue weighted by molar-refractivity contribution is 5.76.